The molecule has 1 N–H and O–H groups in total. The van der Waals surface area contributed by atoms with Gasteiger partial charge in [0.2, 0.25) is 0 Å². The average molecular weight is 304 g/mol. The first kappa shape index (κ1) is 15.3. The molecule has 1 aromatic heterocycles. The Morgan fingerprint density at radius 1 is 1.32 bits per heavy atom. The lowest BCUT2D eigenvalue weighted by atomic mass is 9.82. The van der Waals surface area contributed by atoms with Crippen molar-refractivity contribution in [2.75, 3.05) is 26.7 Å². The summed E-state index contributed by atoms with van der Waals surface area (Å²) in [4.78, 5) is 6.93. The molecule has 0 bridgehead atoms. The molecule has 0 radical (unpaired) electrons. The maximum absolute atomic E-state index is 4.48. The Labute approximate surface area is 133 Å². The Bertz CT molecular complexity index is 494. The van der Waals surface area contributed by atoms with Gasteiger partial charge in [-0.3, -0.25) is 4.99 Å². The molecule has 122 valence electrons. The van der Waals surface area contributed by atoms with Gasteiger partial charge in [0, 0.05) is 39.6 Å². The van der Waals surface area contributed by atoms with Gasteiger partial charge in [-0.25, -0.2) is 0 Å². The number of guanidine groups is 1. The average Bonchev–Trinajstić information content (AvgIpc) is 3.17. The molecule has 2 fully saturated rings. The third-order valence-corrected chi connectivity index (χ3v) is 5.14. The summed E-state index contributed by atoms with van der Waals surface area (Å²) >= 11 is 0. The van der Waals surface area contributed by atoms with Crippen LogP contribution in [0.2, 0.25) is 0 Å². The van der Waals surface area contributed by atoms with Crippen molar-refractivity contribution in [3.05, 3.63) is 12.2 Å². The number of aryl methyl sites for hydroxylation is 1. The van der Waals surface area contributed by atoms with Gasteiger partial charge < -0.3 is 14.8 Å². The van der Waals surface area contributed by atoms with Crippen LogP contribution in [0.4, 0.5) is 0 Å². The summed E-state index contributed by atoms with van der Waals surface area (Å²) in [5.41, 5.74) is 0. The normalized spacial score (nSPS) is 25.4. The monoisotopic (exact) mass is 304 g/mol. The fraction of sp³-hybridized carbons (Fsp3) is 0.812. The number of hydrogen-bond acceptors (Lipinski definition) is 3. The van der Waals surface area contributed by atoms with E-state index in [-0.39, 0.29) is 0 Å². The Balaban J connectivity index is 1.50. The topological polar surface area (TPSA) is 58.3 Å². The van der Waals surface area contributed by atoms with Crippen LogP contribution in [-0.2, 0) is 13.0 Å². The van der Waals surface area contributed by atoms with E-state index in [0.717, 1.165) is 43.1 Å². The number of nitrogens with one attached hydrogen (secondary N) is 1. The zero-order valence-corrected chi connectivity index (χ0v) is 13.8. The molecule has 22 heavy (non-hydrogen) atoms. The van der Waals surface area contributed by atoms with Crippen LogP contribution in [-0.4, -0.2) is 52.3 Å². The number of fused-ring (bicyclic) bond motifs is 1. The van der Waals surface area contributed by atoms with Gasteiger partial charge in [0.1, 0.15) is 12.2 Å². The van der Waals surface area contributed by atoms with Crippen molar-refractivity contribution in [1.82, 2.24) is 25.0 Å². The number of aromatic nitrogens is 3. The number of rotatable bonds is 4. The zero-order chi connectivity index (χ0) is 15.4. The quantitative estimate of drug-likeness (QED) is 0.677. The SMILES string of the molecule is CCc1nncn1CCNC(=NC)N1CC2CCCCC2C1. The molecule has 6 heteroatoms. The van der Waals surface area contributed by atoms with Gasteiger partial charge in [0.25, 0.3) is 0 Å². The van der Waals surface area contributed by atoms with Crippen molar-refractivity contribution < 1.29 is 0 Å². The molecule has 1 saturated heterocycles. The van der Waals surface area contributed by atoms with E-state index in [1.807, 2.05) is 13.4 Å². The van der Waals surface area contributed by atoms with Crippen LogP contribution < -0.4 is 5.32 Å². The fourth-order valence-corrected chi connectivity index (χ4v) is 3.94. The Morgan fingerprint density at radius 2 is 2.05 bits per heavy atom. The standard InChI is InChI=1S/C16H28N6/c1-3-15-20-19-12-21(15)9-8-18-16(17-2)22-10-13-6-4-5-7-14(13)11-22/h12-14H,3-11H2,1-2H3,(H,17,18). The maximum atomic E-state index is 4.48. The molecule has 3 rings (SSSR count). The first-order chi connectivity index (χ1) is 10.8. The molecule has 1 aliphatic carbocycles. The second kappa shape index (κ2) is 7.11. The number of aliphatic imine (C=N–C) groups is 1. The van der Waals surface area contributed by atoms with Gasteiger partial charge in [-0.2, -0.15) is 0 Å². The third-order valence-electron chi connectivity index (χ3n) is 5.14. The van der Waals surface area contributed by atoms with E-state index in [4.69, 9.17) is 0 Å². The van der Waals surface area contributed by atoms with E-state index in [1.165, 1.54) is 38.8 Å². The summed E-state index contributed by atoms with van der Waals surface area (Å²) in [6.07, 6.45) is 8.36. The Hall–Kier alpha value is -1.59. The summed E-state index contributed by atoms with van der Waals surface area (Å²) in [5, 5.41) is 11.6. The van der Waals surface area contributed by atoms with Crippen LogP contribution in [0.5, 0.6) is 0 Å². The van der Waals surface area contributed by atoms with Gasteiger partial charge in [0.15, 0.2) is 5.96 Å². The highest BCUT2D eigenvalue weighted by Gasteiger charge is 2.35. The van der Waals surface area contributed by atoms with Gasteiger partial charge in [0.05, 0.1) is 0 Å². The van der Waals surface area contributed by atoms with Crippen molar-refractivity contribution in [3.8, 4) is 0 Å². The maximum Gasteiger partial charge on any atom is 0.193 e. The summed E-state index contributed by atoms with van der Waals surface area (Å²) in [6.45, 7) is 6.21. The highest BCUT2D eigenvalue weighted by Crippen LogP contribution is 2.35. The summed E-state index contributed by atoms with van der Waals surface area (Å²) < 4.78 is 2.12. The molecule has 0 amide bonds. The van der Waals surface area contributed by atoms with E-state index in [1.54, 1.807) is 0 Å². The predicted molar refractivity (Wildman–Crippen MR) is 87.8 cm³/mol. The largest absolute Gasteiger partial charge is 0.354 e. The van der Waals surface area contributed by atoms with Crippen molar-refractivity contribution in [2.24, 2.45) is 16.8 Å². The molecule has 1 aromatic rings. The van der Waals surface area contributed by atoms with Crippen LogP contribution in [0.1, 0.15) is 38.4 Å². The van der Waals surface area contributed by atoms with Crippen LogP contribution in [0, 0.1) is 11.8 Å². The molecule has 2 unspecified atom stereocenters. The first-order valence-corrected chi connectivity index (χ1v) is 8.64. The molecule has 2 atom stereocenters. The minimum Gasteiger partial charge on any atom is -0.354 e. The minimum atomic E-state index is 0.865. The Kier molecular flexibility index (Phi) is 4.95. The molecule has 0 aromatic carbocycles. The predicted octanol–water partition coefficient (Wildman–Crippen LogP) is 1.54. The van der Waals surface area contributed by atoms with Crippen molar-refractivity contribution in [1.29, 1.82) is 0 Å². The lowest BCUT2D eigenvalue weighted by Crippen LogP contribution is -2.41. The van der Waals surface area contributed by atoms with E-state index >= 15 is 0 Å². The van der Waals surface area contributed by atoms with E-state index in [9.17, 15) is 0 Å². The molecule has 2 aliphatic rings. The van der Waals surface area contributed by atoms with Gasteiger partial charge in [-0.05, 0) is 24.7 Å². The van der Waals surface area contributed by atoms with Gasteiger partial charge in [-0.15, -0.1) is 10.2 Å². The molecule has 2 heterocycles. The van der Waals surface area contributed by atoms with Crippen molar-refractivity contribution in [2.45, 2.75) is 45.6 Å². The van der Waals surface area contributed by atoms with Crippen LogP contribution in [0.15, 0.2) is 11.3 Å². The zero-order valence-electron chi connectivity index (χ0n) is 13.8. The minimum absolute atomic E-state index is 0.865. The van der Waals surface area contributed by atoms with Gasteiger partial charge >= 0.3 is 0 Å². The number of likely N-dealkylation sites (tertiary alicyclic amines) is 1. The van der Waals surface area contributed by atoms with Crippen LogP contribution in [0.25, 0.3) is 0 Å². The smallest absolute Gasteiger partial charge is 0.193 e. The number of hydrogen-bond donors (Lipinski definition) is 1. The van der Waals surface area contributed by atoms with E-state index < -0.39 is 0 Å². The number of nitrogens with zero attached hydrogens (tertiary/aromatic N) is 5. The van der Waals surface area contributed by atoms with E-state index in [2.05, 4.69) is 36.9 Å². The highest BCUT2D eigenvalue weighted by atomic mass is 15.3. The summed E-state index contributed by atoms with van der Waals surface area (Å²) in [6, 6.07) is 0. The summed E-state index contributed by atoms with van der Waals surface area (Å²) in [7, 11) is 1.89. The molecule has 1 aliphatic heterocycles. The lowest BCUT2D eigenvalue weighted by molar-refractivity contribution is 0.299. The van der Waals surface area contributed by atoms with Crippen LogP contribution >= 0.6 is 0 Å². The molecular formula is C16H28N6. The lowest BCUT2D eigenvalue weighted by Gasteiger charge is -2.22. The summed E-state index contributed by atoms with van der Waals surface area (Å²) in [5.74, 6) is 3.87. The van der Waals surface area contributed by atoms with Gasteiger partial charge in [-0.1, -0.05) is 19.8 Å². The molecular weight excluding hydrogens is 276 g/mol. The van der Waals surface area contributed by atoms with E-state index in [0.29, 0.717) is 0 Å². The van der Waals surface area contributed by atoms with Crippen LogP contribution in [0.3, 0.4) is 0 Å². The molecule has 0 spiro atoms. The van der Waals surface area contributed by atoms with Crippen molar-refractivity contribution >= 4 is 5.96 Å². The van der Waals surface area contributed by atoms with Crippen molar-refractivity contribution in [3.63, 3.8) is 0 Å². The second-order valence-electron chi connectivity index (χ2n) is 6.48. The Morgan fingerprint density at radius 3 is 2.68 bits per heavy atom. The highest BCUT2D eigenvalue weighted by molar-refractivity contribution is 5.80. The molecule has 6 nitrogen and oxygen atoms in total. The fourth-order valence-electron chi connectivity index (χ4n) is 3.94. The third kappa shape index (κ3) is 3.25. The molecule has 1 saturated carbocycles. The first-order valence-electron chi connectivity index (χ1n) is 8.64. The second-order valence-corrected chi connectivity index (χ2v) is 6.48.